The number of hydrogen-bond donors (Lipinski definition) is 2. The van der Waals surface area contributed by atoms with Crippen molar-refractivity contribution in [3.05, 3.63) is 83.4 Å². The van der Waals surface area contributed by atoms with Crippen LogP contribution in [-0.4, -0.2) is 30.9 Å². The quantitative estimate of drug-likeness (QED) is 0.355. The van der Waals surface area contributed by atoms with Gasteiger partial charge in [-0.15, -0.1) is 0 Å². The monoisotopic (exact) mass is 564 g/mol. The molecule has 0 bridgehead atoms. The lowest BCUT2D eigenvalue weighted by atomic mass is 10.1. The molecule has 178 valence electrons. The number of aryl methyl sites for hydroxylation is 2. The summed E-state index contributed by atoms with van der Waals surface area (Å²) in [5.74, 6) is -1.04. The maximum absolute atomic E-state index is 12.9. The van der Waals surface area contributed by atoms with E-state index in [1.54, 1.807) is 24.3 Å². The van der Waals surface area contributed by atoms with Gasteiger partial charge in [0.1, 0.15) is 10.6 Å². The summed E-state index contributed by atoms with van der Waals surface area (Å²) in [5, 5.41) is 13.8. The first kappa shape index (κ1) is 25.8. The number of benzene rings is 2. The van der Waals surface area contributed by atoms with E-state index >= 15 is 0 Å². The number of rotatable bonds is 5. The highest BCUT2D eigenvalue weighted by Gasteiger charge is 2.22. The van der Waals surface area contributed by atoms with Crippen LogP contribution in [-0.2, 0) is 18.9 Å². The van der Waals surface area contributed by atoms with Crippen molar-refractivity contribution < 1.29 is 9.90 Å². The van der Waals surface area contributed by atoms with E-state index in [1.165, 1.54) is 14.1 Å². The summed E-state index contributed by atoms with van der Waals surface area (Å²) >= 11 is 10.5. The topological polar surface area (TPSA) is 106 Å². The van der Waals surface area contributed by atoms with Gasteiger partial charge in [-0.3, -0.25) is 18.7 Å². The SMILES string of the molecule is Cc1ccc(N=C(SCC(=O)Nc2ccc(Br)cc2Cl)c2c(O)n(C)c(=O)n(C)c2=O)cc1C. The minimum atomic E-state index is -0.716. The van der Waals surface area contributed by atoms with Gasteiger partial charge >= 0.3 is 5.69 Å². The molecule has 3 aromatic rings. The van der Waals surface area contributed by atoms with Crippen LogP contribution in [0, 0.1) is 13.8 Å². The van der Waals surface area contributed by atoms with Crippen LogP contribution in [0.5, 0.6) is 5.88 Å². The molecule has 0 radical (unpaired) electrons. The first-order valence-corrected chi connectivity index (χ1v) is 12.2. The number of aromatic hydroxyl groups is 1. The molecule has 0 spiro atoms. The number of aliphatic imine (C=N–C) groups is 1. The zero-order chi connectivity index (χ0) is 25.2. The van der Waals surface area contributed by atoms with Gasteiger partial charge in [0, 0.05) is 18.6 Å². The smallest absolute Gasteiger partial charge is 0.333 e. The Morgan fingerprint density at radius 2 is 1.82 bits per heavy atom. The summed E-state index contributed by atoms with van der Waals surface area (Å²) in [6.45, 7) is 3.89. The fourth-order valence-corrected chi connectivity index (χ4v) is 4.56. The van der Waals surface area contributed by atoms with Gasteiger partial charge in [0.05, 0.1) is 22.2 Å². The van der Waals surface area contributed by atoms with Crippen LogP contribution in [0.3, 0.4) is 0 Å². The van der Waals surface area contributed by atoms with Crippen LogP contribution in [0.1, 0.15) is 16.7 Å². The highest BCUT2D eigenvalue weighted by atomic mass is 79.9. The van der Waals surface area contributed by atoms with Crippen molar-refractivity contribution in [3.8, 4) is 5.88 Å². The van der Waals surface area contributed by atoms with Crippen molar-refractivity contribution >= 4 is 61.6 Å². The average Bonchev–Trinajstić information content (AvgIpc) is 2.79. The Morgan fingerprint density at radius 3 is 2.47 bits per heavy atom. The van der Waals surface area contributed by atoms with Crippen LogP contribution < -0.4 is 16.6 Å². The molecule has 0 unspecified atom stereocenters. The Bertz CT molecular complexity index is 1430. The molecule has 0 aliphatic heterocycles. The molecule has 1 amide bonds. The second kappa shape index (κ2) is 10.6. The molecule has 1 aromatic heterocycles. The molecular weight excluding hydrogens is 544 g/mol. The molecule has 11 heteroatoms. The minimum Gasteiger partial charge on any atom is -0.494 e. The number of thioether (sulfide) groups is 1. The number of halogens is 2. The molecule has 2 N–H and O–H groups in total. The lowest BCUT2D eigenvalue weighted by Gasteiger charge is -2.13. The van der Waals surface area contributed by atoms with Crippen molar-refractivity contribution in [2.45, 2.75) is 13.8 Å². The molecule has 0 saturated carbocycles. The number of nitrogens with one attached hydrogen (secondary N) is 1. The summed E-state index contributed by atoms with van der Waals surface area (Å²) in [6.07, 6.45) is 0. The predicted molar refractivity (Wildman–Crippen MR) is 141 cm³/mol. The van der Waals surface area contributed by atoms with E-state index in [0.717, 1.165) is 36.5 Å². The number of nitrogens with zero attached hydrogens (tertiary/aromatic N) is 3. The van der Waals surface area contributed by atoms with Gasteiger partial charge in [-0.05, 0) is 55.3 Å². The maximum Gasteiger partial charge on any atom is 0.333 e. The number of amides is 1. The van der Waals surface area contributed by atoms with Gasteiger partial charge in [0.25, 0.3) is 5.56 Å². The van der Waals surface area contributed by atoms with Crippen LogP contribution in [0.25, 0.3) is 0 Å². The first-order valence-electron chi connectivity index (χ1n) is 10.0. The lowest BCUT2D eigenvalue weighted by molar-refractivity contribution is -0.113. The zero-order valence-electron chi connectivity index (χ0n) is 18.8. The van der Waals surface area contributed by atoms with Crippen LogP contribution >= 0.6 is 39.3 Å². The van der Waals surface area contributed by atoms with Gasteiger partial charge in [0.2, 0.25) is 11.8 Å². The van der Waals surface area contributed by atoms with E-state index in [4.69, 9.17) is 11.6 Å². The molecular formula is C23H22BrClN4O4S. The maximum atomic E-state index is 12.9. The molecule has 0 saturated heterocycles. The molecule has 0 atom stereocenters. The average molecular weight is 566 g/mol. The summed E-state index contributed by atoms with van der Waals surface area (Å²) in [5.41, 5.74) is 1.48. The molecule has 8 nitrogen and oxygen atoms in total. The Balaban J connectivity index is 2.00. The first-order chi connectivity index (χ1) is 16.0. The van der Waals surface area contributed by atoms with Crippen molar-refractivity contribution in [2.75, 3.05) is 11.1 Å². The molecule has 3 rings (SSSR count). The summed E-state index contributed by atoms with van der Waals surface area (Å²) in [4.78, 5) is 42.3. The highest BCUT2D eigenvalue weighted by Crippen LogP contribution is 2.27. The van der Waals surface area contributed by atoms with Crippen molar-refractivity contribution in [2.24, 2.45) is 19.1 Å². The summed E-state index contributed by atoms with van der Waals surface area (Å²) in [6, 6.07) is 10.6. The zero-order valence-corrected chi connectivity index (χ0v) is 22.0. The Labute approximate surface area is 213 Å². The Morgan fingerprint density at radius 1 is 1.12 bits per heavy atom. The molecule has 0 aliphatic carbocycles. The van der Waals surface area contributed by atoms with Gasteiger partial charge in [-0.1, -0.05) is 45.4 Å². The van der Waals surface area contributed by atoms with E-state index in [0.29, 0.717) is 16.4 Å². The van der Waals surface area contributed by atoms with Crippen molar-refractivity contribution in [3.63, 3.8) is 0 Å². The van der Waals surface area contributed by atoms with E-state index in [9.17, 15) is 19.5 Å². The van der Waals surface area contributed by atoms with E-state index in [2.05, 4.69) is 26.2 Å². The van der Waals surface area contributed by atoms with E-state index < -0.39 is 17.1 Å². The largest absolute Gasteiger partial charge is 0.494 e. The third-order valence-electron chi connectivity index (χ3n) is 5.11. The third-order valence-corrected chi connectivity index (χ3v) is 6.90. The lowest BCUT2D eigenvalue weighted by Crippen LogP contribution is -2.39. The summed E-state index contributed by atoms with van der Waals surface area (Å²) < 4.78 is 2.61. The molecule has 0 fully saturated rings. The second-order valence-electron chi connectivity index (χ2n) is 7.55. The van der Waals surface area contributed by atoms with Crippen molar-refractivity contribution in [1.29, 1.82) is 0 Å². The normalized spacial score (nSPS) is 11.5. The molecule has 1 heterocycles. The van der Waals surface area contributed by atoms with E-state index in [-0.39, 0.29) is 22.3 Å². The number of carbonyl (C=O) groups excluding carboxylic acids is 1. The number of anilines is 1. The number of carbonyl (C=O) groups is 1. The van der Waals surface area contributed by atoms with E-state index in [1.807, 2.05) is 26.0 Å². The Kier molecular flexibility index (Phi) is 8.06. The number of hydrogen-bond acceptors (Lipinski definition) is 6. The highest BCUT2D eigenvalue weighted by molar-refractivity contribution is 9.10. The standard InChI is InChI=1S/C23H22BrClN4O4S/c1-12-5-7-15(9-13(12)2)26-20(19-21(31)28(3)23(33)29(4)22(19)32)34-11-18(30)27-17-8-6-14(24)10-16(17)25/h5-10,31H,11H2,1-4H3,(H,27,30). The Hall–Kier alpha value is -2.82. The fraction of sp³-hybridized carbons (Fsp3) is 0.217. The third kappa shape index (κ3) is 5.63. The van der Waals surface area contributed by atoms with Crippen LogP contribution in [0.15, 0.2) is 55.5 Å². The molecule has 34 heavy (non-hydrogen) atoms. The fourth-order valence-electron chi connectivity index (χ4n) is 3.00. The predicted octanol–water partition coefficient (Wildman–Crippen LogP) is 4.27. The van der Waals surface area contributed by atoms with Crippen LogP contribution in [0.4, 0.5) is 11.4 Å². The summed E-state index contributed by atoms with van der Waals surface area (Å²) in [7, 11) is 2.66. The molecule has 0 aliphatic rings. The molecule has 2 aromatic carbocycles. The number of aromatic nitrogens is 2. The second-order valence-corrected chi connectivity index (χ2v) is 9.84. The van der Waals surface area contributed by atoms with Gasteiger partial charge in [-0.2, -0.15) is 0 Å². The van der Waals surface area contributed by atoms with Gasteiger partial charge in [0.15, 0.2) is 0 Å². The van der Waals surface area contributed by atoms with Gasteiger partial charge < -0.3 is 10.4 Å². The minimum absolute atomic E-state index is 0.106. The van der Waals surface area contributed by atoms with Gasteiger partial charge in [-0.25, -0.2) is 9.79 Å². The van der Waals surface area contributed by atoms with Crippen LogP contribution in [0.2, 0.25) is 5.02 Å². The van der Waals surface area contributed by atoms with Crippen molar-refractivity contribution in [1.82, 2.24) is 9.13 Å².